The van der Waals surface area contributed by atoms with Gasteiger partial charge in [0.05, 0.1) is 37.2 Å². The normalized spacial score (nSPS) is 16.6. The third-order valence-electron chi connectivity index (χ3n) is 5.06. The number of aliphatic imine (C=N–C) groups is 1. The number of allylic oxidation sites excluding steroid dienone is 1. The zero-order valence-electron chi connectivity index (χ0n) is 15.2. The molecule has 0 unspecified atom stereocenters. The molecule has 2 aliphatic rings. The SMILES string of the molecule is Fc1cnccc1-c1cc(N2CCOCC2)nc2c(C3=CC=NC3)nccc12. The molecule has 7 heteroatoms. The Kier molecular flexibility index (Phi) is 4.29. The summed E-state index contributed by atoms with van der Waals surface area (Å²) in [6.45, 7) is 3.37. The first-order chi connectivity index (χ1) is 13.8. The Hall–Kier alpha value is -3.19. The second-order valence-electron chi connectivity index (χ2n) is 6.72. The zero-order chi connectivity index (χ0) is 18.9. The van der Waals surface area contributed by atoms with Crippen molar-refractivity contribution < 1.29 is 9.13 Å². The second kappa shape index (κ2) is 7.09. The highest BCUT2D eigenvalue weighted by Gasteiger charge is 2.20. The van der Waals surface area contributed by atoms with Crippen molar-refractivity contribution in [1.82, 2.24) is 15.0 Å². The van der Waals surface area contributed by atoms with Gasteiger partial charge in [0.2, 0.25) is 0 Å². The minimum Gasteiger partial charge on any atom is -0.378 e. The quantitative estimate of drug-likeness (QED) is 0.704. The largest absolute Gasteiger partial charge is 0.378 e. The van der Waals surface area contributed by atoms with E-state index in [0.29, 0.717) is 25.3 Å². The summed E-state index contributed by atoms with van der Waals surface area (Å²) >= 11 is 0. The Morgan fingerprint density at radius 2 is 1.96 bits per heavy atom. The number of aromatic nitrogens is 3. The van der Waals surface area contributed by atoms with Crippen LogP contribution in [0.5, 0.6) is 0 Å². The van der Waals surface area contributed by atoms with Crippen molar-refractivity contribution in [3.63, 3.8) is 0 Å². The Bertz CT molecular complexity index is 1110. The van der Waals surface area contributed by atoms with Crippen molar-refractivity contribution >= 4 is 28.5 Å². The van der Waals surface area contributed by atoms with Crippen LogP contribution in [0, 0.1) is 5.82 Å². The van der Waals surface area contributed by atoms with E-state index in [2.05, 4.69) is 19.9 Å². The number of anilines is 1. The summed E-state index contributed by atoms with van der Waals surface area (Å²) < 4.78 is 20.1. The number of hydrogen-bond acceptors (Lipinski definition) is 6. The lowest BCUT2D eigenvalue weighted by molar-refractivity contribution is 0.122. The number of fused-ring (bicyclic) bond motifs is 1. The van der Waals surface area contributed by atoms with Crippen LogP contribution in [0.4, 0.5) is 10.2 Å². The first-order valence-corrected chi connectivity index (χ1v) is 9.23. The summed E-state index contributed by atoms with van der Waals surface area (Å²) in [5, 5.41) is 0.861. The molecule has 0 radical (unpaired) electrons. The van der Waals surface area contributed by atoms with Crippen LogP contribution in [-0.2, 0) is 4.74 Å². The highest BCUT2D eigenvalue weighted by atomic mass is 19.1. The minimum atomic E-state index is -0.357. The maximum absolute atomic E-state index is 14.6. The topological polar surface area (TPSA) is 63.5 Å². The fraction of sp³-hybridized carbons (Fsp3) is 0.238. The van der Waals surface area contributed by atoms with Crippen molar-refractivity contribution in [3.05, 3.63) is 54.4 Å². The van der Waals surface area contributed by atoms with Crippen LogP contribution in [0.3, 0.4) is 0 Å². The van der Waals surface area contributed by atoms with Crippen molar-refractivity contribution in [2.24, 2.45) is 4.99 Å². The number of pyridine rings is 3. The molecule has 5 rings (SSSR count). The first kappa shape index (κ1) is 16.9. The number of nitrogens with zero attached hydrogens (tertiary/aromatic N) is 5. The fourth-order valence-corrected chi connectivity index (χ4v) is 3.64. The highest BCUT2D eigenvalue weighted by molar-refractivity contribution is 6.02. The summed E-state index contributed by atoms with van der Waals surface area (Å²) in [6.07, 6.45) is 8.33. The van der Waals surface area contributed by atoms with Gasteiger partial charge >= 0.3 is 0 Å². The molecule has 0 aromatic carbocycles. The molecule has 0 bridgehead atoms. The van der Waals surface area contributed by atoms with Crippen molar-refractivity contribution in [3.8, 4) is 11.1 Å². The molecule has 6 nitrogen and oxygen atoms in total. The molecular weight excluding hydrogens is 357 g/mol. The van der Waals surface area contributed by atoms with Crippen LogP contribution in [0.2, 0.25) is 0 Å². The molecular formula is C21H18FN5O. The molecule has 3 aromatic rings. The van der Waals surface area contributed by atoms with Gasteiger partial charge in [-0.15, -0.1) is 0 Å². The number of hydrogen-bond donors (Lipinski definition) is 0. The summed E-state index contributed by atoms with van der Waals surface area (Å²) in [5.41, 5.74) is 3.86. The number of morpholine rings is 1. The number of ether oxygens (including phenoxy) is 1. The fourth-order valence-electron chi connectivity index (χ4n) is 3.64. The zero-order valence-corrected chi connectivity index (χ0v) is 15.2. The van der Waals surface area contributed by atoms with E-state index in [4.69, 9.17) is 9.72 Å². The maximum atomic E-state index is 14.6. The molecule has 140 valence electrons. The summed E-state index contributed by atoms with van der Waals surface area (Å²) in [7, 11) is 0. The molecule has 0 spiro atoms. The van der Waals surface area contributed by atoms with Crippen LogP contribution >= 0.6 is 0 Å². The summed E-state index contributed by atoms with van der Waals surface area (Å²) in [5.74, 6) is 0.445. The molecule has 3 aromatic heterocycles. The molecule has 2 aliphatic heterocycles. The molecule has 1 saturated heterocycles. The van der Waals surface area contributed by atoms with E-state index in [1.807, 2.05) is 18.2 Å². The standard InChI is InChI=1S/C21H18FN5O/c22-18-13-24-5-2-15(18)17-11-19(27-7-9-28-10-8-27)26-21-16(17)3-6-25-20(21)14-1-4-23-12-14/h1-6,11,13H,7-10,12H2. The average molecular weight is 375 g/mol. The smallest absolute Gasteiger partial charge is 0.149 e. The van der Waals surface area contributed by atoms with E-state index in [-0.39, 0.29) is 5.82 Å². The first-order valence-electron chi connectivity index (χ1n) is 9.23. The molecule has 0 atom stereocenters. The van der Waals surface area contributed by atoms with Crippen LogP contribution in [0.1, 0.15) is 5.69 Å². The Morgan fingerprint density at radius 3 is 2.75 bits per heavy atom. The van der Waals surface area contributed by atoms with E-state index in [1.54, 1.807) is 24.7 Å². The van der Waals surface area contributed by atoms with Crippen molar-refractivity contribution in [2.45, 2.75) is 0 Å². The third-order valence-corrected chi connectivity index (χ3v) is 5.06. The van der Waals surface area contributed by atoms with Crippen LogP contribution in [0.15, 0.2) is 47.9 Å². The second-order valence-corrected chi connectivity index (χ2v) is 6.72. The number of rotatable bonds is 3. The molecule has 0 aliphatic carbocycles. The lowest BCUT2D eigenvalue weighted by Gasteiger charge is -2.28. The third kappa shape index (κ3) is 2.93. The van der Waals surface area contributed by atoms with Crippen LogP contribution in [0.25, 0.3) is 27.6 Å². The van der Waals surface area contributed by atoms with Gasteiger partial charge in [0.15, 0.2) is 0 Å². The molecule has 1 fully saturated rings. The molecule has 28 heavy (non-hydrogen) atoms. The van der Waals surface area contributed by atoms with E-state index in [9.17, 15) is 4.39 Å². The lowest BCUT2D eigenvalue weighted by Crippen LogP contribution is -2.36. The van der Waals surface area contributed by atoms with Gasteiger partial charge in [-0.1, -0.05) is 0 Å². The molecule has 0 amide bonds. The van der Waals surface area contributed by atoms with Gasteiger partial charge in [0.1, 0.15) is 11.6 Å². The van der Waals surface area contributed by atoms with Gasteiger partial charge in [-0.25, -0.2) is 9.37 Å². The van der Waals surface area contributed by atoms with Crippen molar-refractivity contribution in [2.75, 3.05) is 37.7 Å². The van der Waals surface area contributed by atoms with E-state index < -0.39 is 0 Å². The van der Waals surface area contributed by atoms with E-state index in [1.165, 1.54) is 6.20 Å². The van der Waals surface area contributed by atoms with Crippen LogP contribution in [-0.4, -0.2) is 54.0 Å². The Morgan fingerprint density at radius 1 is 1.07 bits per heavy atom. The van der Waals surface area contributed by atoms with Gasteiger partial charge in [-0.2, -0.15) is 0 Å². The van der Waals surface area contributed by atoms with E-state index >= 15 is 0 Å². The average Bonchev–Trinajstić information content (AvgIpc) is 3.28. The summed E-state index contributed by atoms with van der Waals surface area (Å²) in [4.78, 5) is 19.8. The van der Waals surface area contributed by atoms with Crippen LogP contribution < -0.4 is 4.90 Å². The predicted molar refractivity (Wildman–Crippen MR) is 107 cm³/mol. The van der Waals surface area contributed by atoms with Gasteiger partial charge in [0, 0.05) is 48.2 Å². The highest BCUT2D eigenvalue weighted by Crippen LogP contribution is 2.35. The van der Waals surface area contributed by atoms with Gasteiger partial charge in [-0.3, -0.25) is 15.0 Å². The molecule has 0 N–H and O–H groups in total. The summed E-state index contributed by atoms with van der Waals surface area (Å²) in [6, 6.07) is 5.54. The Labute approximate surface area is 161 Å². The Balaban J connectivity index is 1.77. The predicted octanol–water partition coefficient (Wildman–Crippen LogP) is 3.14. The molecule has 0 saturated carbocycles. The van der Waals surface area contributed by atoms with Gasteiger partial charge < -0.3 is 9.64 Å². The van der Waals surface area contributed by atoms with Crippen molar-refractivity contribution in [1.29, 1.82) is 0 Å². The monoisotopic (exact) mass is 375 g/mol. The maximum Gasteiger partial charge on any atom is 0.149 e. The van der Waals surface area contributed by atoms with E-state index in [0.717, 1.165) is 46.6 Å². The number of halogens is 1. The minimum absolute atomic E-state index is 0.357. The van der Waals surface area contributed by atoms with Gasteiger partial charge in [0.25, 0.3) is 0 Å². The molecule has 5 heterocycles. The van der Waals surface area contributed by atoms with Gasteiger partial charge in [-0.05, 0) is 29.8 Å². The lowest BCUT2D eigenvalue weighted by atomic mass is 9.99.